The molecule has 1 aliphatic heterocycles. The van der Waals surface area contributed by atoms with Gasteiger partial charge in [0.1, 0.15) is 12.4 Å². The first-order valence-electron chi connectivity index (χ1n) is 8.16. The third-order valence-corrected chi connectivity index (χ3v) is 4.07. The lowest BCUT2D eigenvalue weighted by Gasteiger charge is -2.06. The van der Waals surface area contributed by atoms with Crippen LogP contribution in [0.4, 0.5) is 8.78 Å². The zero-order valence-corrected chi connectivity index (χ0v) is 13.7. The van der Waals surface area contributed by atoms with Gasteiger partial charge in [-0.15, -0.1) is 0 Å². The lowest BCUT2D eigenvalue weighted by molar-refractivity contribution is 0.0200. The fourth-order valence-corrected chi connectivity index (χ4v) is 2.76. The van der Waals surface area contributed by atoms with Crippen LogP contribution in [0.15, 0.2) is 53.3 Å². The second kappa shape index (κ2) is 6.80. The first-order valence-corrected chi connectivity index (χ1v) is 8.16. The number of pyridine rings is 1. The van der Waals surface area contributed by atoms with Gasteiger partial charge in [0.25, 0.3) is 5.92 Å². The van der Waals surface area contributed by atoms with E-state index in [1.807, 2.05) is 30.3 Å². The maximum atomic E-state index is 13.3. The van der Waals surface area contributed by atoms with Crippen molar-refractivity contribution in [3.05, 3.63) is 60.2 Å². The molecule has 3 heterocycles. The monoisotopic (exact) mass is 358 g/mol. The molecule has 6 nitrogen and oxygen atoms in total. The molecule has 1 aromatic carbocycles. The standard InChI is InChI=1S/C18H16F2N4O2/c19-18(20)8-15(22-11-18)17-23-16(24-26-17)13-4-1-5-14(7-13)25-10-12-3-2-6-21-9-12/h1-7,9,15,22H,8,10-11H2. The summed E-state index contributed by atoms with van der Waals surface area (Å²) in [5.74, 6) is -1.61. The maximum Gasteiger partial charge on any atom is 0.262 e. The SMILES string of the molecule is FC1(F)CNC(c2nc(-c3cccc(OCc4cccnc4)c3)no2)C1. The Labute approximate surface area is 148 Å². The van der Waals surface area contributed by atoms with Crippen molar-refractivity contribution < 1.29 is 18.0 Å². The predicted molar refractivity (Wildman–Crippen MR) is 88.6 cm³/mol. The number of nitrogens with zero attached hydrogens (tertiary/aromatic N) is 3. The van der Waals surface area contributed by atoms with Gasteiger partial charge >= 0.3 is 0 Å². The van der Waals surface area contributed by atoms with Gasteiger partial charge in [-0.1, -0.05) is 23.4 Å². The Balaban J connectivity index is 1.47. The molecule has 0 aliphatic carbocycles. The minimum Gasteiger partial charge on any atom is -0.489 e. The summed E-state index contributed by atoms with van der Waals surface area (Å²) in [6.07, 6.45) is 3.09. The number of alkyl halides is 2. The molecule has 1 aliphatic rings. The Hall–Kier alpha value is -2.87. The molecule has 0 bridgehead atoms. The molecule has 0 saturated carbocycles. The molecule has 26 heavy (non-hydrogen) atoms. The van der Waals surface area contributed by atoms with E-state index >= 15 is 0 Å². The highest BCUT2D eigenvalue weighted by molar-refractivity contribution is 5.56. The van der Waals surface area contributed by atoms with E-state index in [1.54, 1.807) is 18.5 Å². The zero-order valence-electron chi connectivity index (χ0n) is 13.7. The smallest absolute Gasteiger partial charge is 0.262 e. The van der Waals surface area contributed by atoms with E-state index in [0.29, 0.717) is 23.7 Å². The van der Waals surface area contributed by atoms with Crippen LogP contribution < -0.4 is 10.1 Å². The topological polar surface area (TPSA) is 73.1 Å². The first kappa shape index (κ1) is 16.6. The fourth-order valence-electron chi connectivity index (χ4n) is 2.76. The van der Waals surface area contributed by atoms with Crippen LogP contribution in [0.25, 0.3) is 11.4 Å². The second-order valence-corrected chi connectivity index (χ2v) is 6.13. The van der Waals surface area contributed by atoms with Crippen LogP contribution in [0, 0.1) is 0 Å². The number of ether oxygens (including phenoxy) is 1. The summed E-state index contributed by atoms with van der Waals surface area (Å²) < 4.78 is 37.5. The number of hydrogen-bond acceptors (Lipinski definition) is 6. The summed E-state index contributed by atoms with van der Waals surface area (Å²) in [6.45, 7) is 0.00289. The van der Waals surface area contributed by atoms with Gasteiger partial charge in [0.05, 0.1) is 12.6 Å². The van der Waals surface area contributed by atoms with Crippen molar-refractivity contribution in [3.63, 3.8) is 0 Å². The first-order chi connectivity index (χ1) is 12.6. The highest BCUT2D eigenvalue weighted by Crippen LogP contribution is 2.34. The third kappa shape index (κ3) is 3.70. The molecule has 1 fully saturated rings. The summed E-state index contributed by atoms with van der Waals surface area (Å²) >= 11 is 0. The summed E-state index contributed by atoms with van der Waals surface area (Å²) in [5.41, 5.74) is 1.64. The fraction of sp³-hybridized carbons (Fsp3) is 0.278. The zero-order chi connectivity index (χ0) is 18.0. The van der Waals surface area contributed by atoms with Crippen molar-refractivity contribution in [1.29, 1.82) is 0 Å². The molecule has 4 rings (SSSR count). The van der Waals surface area contributed by atoms with E-state index < -0.39 is 12.0 Å². The lowest BCUT2D eigenvalue weighted by atomic mass is 10.2. The highest BCUT2D eigenvalue weighted by Gasteiger charge is 2.42. The van der Waals surface area contributed by atoms with E-state index in [0.717, 1.165) is 5.56 Å². The Bertz CT molecular complexity index is 886. The Morgan fingerprint density at radius 1 is 1.27 bits per heavy atom. The van der Waals surface area contributed by atoms with Crippen LogP contribution in [0.2, 0.25) is 0 Å². The predicted octanol–water partition coefficient (Wildman–Crippen LogP) is 3.38. The second-order valence-electron chi connectivity index (χ2n) is 6.13. The molecule has 1 saturated heterocycles. The van der Waals surface area contributed by atoms with E-state index in [4.69, 9.17) is 9.26 Å². The van der Waals surface area contributed by atoms with Crippen molar-refractivity contribution in [1.82, 2.24) is 20.4 Å². The molecular formula is C18H16F2N4O2. The summed E-state index contributed by atoms with van der Waals surface area (Å²) in [7, 11) is 0. The molecule has 134 valence electrons. The van der Waals surface area contributed by atoms with Crippen LogP contribution in [-0.2, 0) is 6.61 Å². The molecular weight excluding hydrogens is 342 g/mol. The van der Waals surface area contributed by atoms with Gasteiger partial charge in [0.2, 0.25) is 11.7 Å². The quantitative estimate of drug-likeness (QED) is 0.754. The van der Waals surface area contributed by atoms with Crippen molar-refractivity contribution in [2.75, 3.05) is 6.54 Å². The van der Waals surface area contributed by atoms with Gasteiger partial charge < -0.3 is 9.26 Å². The number of rotatable bonds is 5. The number of nitrogens with one attached hydrogen (secondary N) is 1. The van der Waals surface area contributed by atoms with Crippen LogP contribution >= 0.6 is 0 Å². The Morgan fingerprint density at radius 2 is 2.19 bits per heavy atom. The van der Waals surface area contributed by atoms with E-state index in [9.17, 15) is 8.78 Å². The minimum atomic E-state index is -2.75. The molecule has 1 unspecified atom stereocenters. The van der Waals surface area contributed by atoms with Gasteiger partial charge in [0, 0.05) is 29.9 Å². The van der Waals surface area contributed by atoms with Crippen molar-refractivity contribution in [3.8, 4) is 17.1 Å². The average molecular weight is 358 g/mol. The average Bonchev–Trinajstić information content (AvgIpc) is 3.28. The van der Waals surface area contributed by atoms with Crippen LogP contribution in [0.5, 0.6) is 5.75 Å². The van der Waals surface area contributed by atoms with Crippen LogP contribution in [0.1, 0.15) is 23.9 Å². The molecule has 0 amide bonds. The van der Waals surface area contributed by atoms with Crippen molar-refractivity contribution >= 4 is 0 Å². The molecule has 3 aromatic rings. The molecule has 0 radical (unpaired) electrons. The maximum absolute atomic E-state index is 13.3. The normalized spacial score (nSPS) is 18.8. The molecule has 1 N–H and O–H groups in total. The molecule has 2 aromatic heterocycles. The number of halogens is 2. The Morgan fingerprint density at radius 3 is 2.96 bits per heavy atom. The largest absolute Gasteiger partial charge is 0.489 e. The van der Waals surface area contributed by atoms with Gasteiger partial charge in [-0.2, -0.15) is 4.98 Å². The van der Waals surface area contributed by atoms with Gasteiger partial charge in [-0.05, 0) is 18.2 Å². The van der Waals surface area contributed by atoms with Crippen molar-refractivity contribution in [2.24, 2.45) is 0 Å². The van der Waals surface area contributed by atoms with Crippen molar-refractivity contribution in [2.45, 2.75) is 25.0 Å². The number of benzene rings is 1. The number of aromatic nitrogens is 3. The van der Waals surface area contributed by atoms with E-state index in [2.05, 4.69) is 20.4 Å². The van der Waals surface area contributed by atoms with Gasteiger partial charge in [-0.25, -0.2) is 8.78 Å². The van der Waals surface area contributed by atoms with Crippen LogP contribution in [-0.4, -0.2) is 27.6 Å². The molecule has 0 spiro atoms. The number of hydrogen-bond donors (Lipinski definition) is 1. The Kier molecular flexibility index (Phi) is 4.34. The summed E-state index contributed by atoms with van der Waals surface area (Å²) in [4.78, 5) is 8.29. The van der Waals surface area contributed by atoms with Gasteiger partial charge in [-0.3, -0.25) is 10.3 Å². The third-order valence-electron chi connectivity index (χ3n) is 4.07. The van der Waals surface area contributed by atoms with E-state index in [1.165, 1.54) is 0 Å². The summed E-state index contributed by atoms with van der Waals surface area (Å²) in [5, 5.41) is 6.60. The lowest BCUT2D eigenvalue weighted by Crippen LogP contribution is -2.19. The highest BCUT2D eigenvalue weighted by atomic mass is 19.3. The van der Waals surface area contributed by atoms with E-state index in [-0.39, 0.29) is 18.9 Å². The molecule has 8 heteroatoms. The van der Waals surface area contributed by atoms with Crippen LogP contribution in [0.3, 0.4) is 0 Å². The van der Waals surface area contributed by atoms with Gasteiger partial charge in [0.15, 0.2) is 0 Å². The molecule has 1 atom stereocenters. The summed E-state index contributed by atoms with van der Waals surface area (Å²) in [6, 6.07) is 10.4. The minimum absolute atomic E-state index is 0.166.